The Morgan fingerprint density at radius 2 is 1.09 bits per heavy atom. The van der Waals surface area contributed by atoms with Crippen LogP contribution in [-0.2, 0) is 4.57 Å². The van der Waals surface area contributed by atoms with Gasteiger partial charge >= 0.3 is 0 Å². The second-order valence-electron chi connectivity index (χ2n) is 11.2. The van der Waals surface area contributed by atoms with E-state index >= 15 is 4.57 Å². The molecule has 218 valence electrons. The van der Waals surface area contributed by atoms with Gasteiger partial charge in [-0.25, -0.2) is 4.98 Å². The van der Waals surface area contributed by atoms with Crippen LogP contribution in [0, 0.1) is 0 Å². The van der Waals surface area contributed by atoms with Crippen LogP contribution in [0.2, 0.25) is 0 Å². The highest BCUT2D eigenvalue weighted by Gasteiger charge is 2.39. The Morgan fingerprint density at radius 1 is 0.500 bits per heavy atom. The molecule has 1 atom stereocenters. The number of hydrogen-bond donors (Lipinski definition) is 0. The maximum Gasteiger partial charge on any atom is 0.238 e. The third kappa shape index (κ3) is 4.04. The summed E-state index contributed by atoms with van der Waals surface area (Å²) in [5.41, 5.74) is 3.54. The number of fused-ring (bicyclic) bond motifs is 5. The van der Waals surface area contributed by atoms with Gasteiger partial charge in [0, 0.05) is 27.2 Å². The van der Waals surface area contributed by atoms with Crippen LogP contribution >= 0.6 is 7.14 Å². The molecule has 1 aliphatic heterocycles. The molecular weight excluding hydrogens is 587 g/mol. The van der Waals surface area contributed by atoms with Crippen molar-refractivity contribution in [3.8, 4) is 40.2 Å². The van der Waals surface area contributed by atoms with Crippen molar-refractivity contribution in [2.45, 2.75) is 0 Å². The van der Waals surface area contributed by atoms with E-state index in [4.69, 9.17) is 19.7 Å². The van der Waals surface area contributed by atoms with Crippen LogP contribution in [-0.4, -0.2) is 19.5 Å². The van der Waals surface area contributed by atoms with E-state index in [0.717, 1.165) is 38.2 Å². The van der Waals surface area contributed by atoms with E-state index in [0.29, 0.717) is 39.7 Å². The lowest BCUT2D eigenvalue weighted by molar-refractivity contribution is 0.486. The summed E-state index contributed by atoms with van der Waals surface area (Å²) >= 11 is 0. The van der Waals surface area contributed by atoms with Gasteiger partial charge in [0.05, 0.1) is 21.6 Å². The summed E-state index contributed by atoms with van der Waals surface area (Å²) in [6.45, 7) is 0. The maximum atomic E-state index is 15.5. The van der Waals surface area contributed by atoms with E-state index in [-0.39, 0.29) is 0 Å². The Kier molecular flexibility index (Phi) is 5.99. The van der Waals surface area contributed by atoms with Gasteiger partial charge in [-0.05, 0) is 30.3 Å². The fourth-order valence-corrected chi connectivity index (χ4v) is 9.25. The fraction of sp³-hybridized carbons (Fsp3) is 0. The number of aromatic nitrogens is 4. The van der Waals surface area contributed by atoms with Gasteiger partial charge in [0.1, 0.15) is 11.5 Å². The molecule has 3 heterocycles. The Hall–Kier alpha value is -5.84. The lowest BCUT2D eigenvalue weighted by atomic mass is 10.1. The summed E-state index contributed by atoms with van der Waals surface area (Å²) in [5.74, 6) is 2.82. The lowest BCUT2D eigenvalue weighted by Gasteiger charge is -2.29. The van der Waals surface area contributed by atoms with Crippen LogP contribution in [0.5, 0.6) is 11.5 Å². The molecule has 0 spiro atoms. The minimum absolute atomic E-state index is 0.477. The fourth-order valence-electron chi connectivity index (χ4n) is 6.39. The third-order valence-electron chi connectivity index (χ3n) is 8.52. The molecule has 6 nitrogen and oxygen atoms in total. The lowest BCUT2D eigenvalue weighted by Crippen LogP contribution is -2.30. The molecule has 0 aliphatic carbocycles. The third-order valence-corrected chi connectivity index (χ3v) is 11.6. The Balaban J connectivity index is 1.37. The van der Waals surface area contributed by atoms with Crippen molar-refractivity contribution in [3.63, 3.8) is 0 Å². The topological polar surface area (TPSA) is 69.9 Å². The SMILES string of the molecule is O=P1(c2ccccc2)c2ccccc2Oc2cc3c4ccccc4n(-c4nc(-c5ccccc5)nc(-c5ccccc5)n4)c3cc21. The number of benzene rings is 6. The smallest absolute Gasteiger partial charge is 0.238 e. The van der Waals surface area contributed by atoms with Crippen LogP contribution in [0.15, 0.2) is 152 Å². The average molecular weight is 613 g/mol. The van der Waals surface area contributed by atoms with Crippen molar-refractivity contribution in [2.75, 3.05) is 0 Å². The molecule has 2 aromatic heterocycles. The van der Waals surface area contributed by atoms with Crippen LogP contribution in [0.25, 0.3) is 50.5 Å². The van der Waals surface area contributed by atoms with E-state index in [1.54, 1.807) is 0 Å². The van der Waals surface area contributed by atoms with E-state index in [2.05, 4.69) is 16.7 Å². The van der Waals surface area contributed by atoms with Crippen LogP contribution in [0.3, 0.4) is 0 Å². The second kappa shape index (κ2) is 10.4. The van der Waals surface area contributed by atoms with Gasteiger partial charge in [0.25, 0.3) is 0 Å². The molecule has 0 amide bonds. The molecule has 0 fully saturated rings. The van der Waals surface area contributed by atoms with E-state index in [1.807, 2.05) is 140 Å². The normalized spacial score (nSPS) is 15.3. The van der Waals surface area contributed by atoms with Crippen molar-refractivity contribution in [2.24, 2.45) is 0 Å². The van der Waals surface area contributed by atoms with Crippen molar-refractivity contribution in [3.05, 3.63) is 152 Å². The molecule has 0 saturated carbocycles. The molecular formula is C39H25N4O2P. The van der Waals surface area contributed by atoms with E-state index in [1.165, 1.54) is 0 Å². The van der Waals surface area contributed by atoms with Gasteiger partial charge in [-0.15, -0.1) is 0 Å². The Bertz CT molecular complexity index is 2420. The molecule has 7 heteroatoms. The van der Waals surface area contributed by atoms with Gasteiger partial charge < -0.3 is 9.30 Å². The predicted molar refractivity (Wildman–Crippen MR) is 185 cm³/mol. The van der Waals surface area contributed by atoms with Crippen molar-refractivity contribution < 1.29 is 9.30 Å². The van der Waals surface area contributed by atoms with Gasteiger partial charge in [0.2, 0.25) is 5.95 Å². The van der Waals surface area contributed by atoms with Gasteiger partial charge in [-0.1, -0.05) is 121 Å². The highest BCUT2D eigenvalue weighted by molar-refractivity contribution is 7.85. The highest BCUT2D eigenvalue weighted by atomic mass is 31.2. The van der Waals surface area contributed by atoms with Gasteiger partial charge in [-0.2, -0.15) is 9.97 Å². The number of hydrogen-bond acceptors (Lipinski definition) is 5. The molecule has 1 aliphatic rings. The van der Waals surface area contributed by atoms with Gasteiger partial charge in [-0.3, -0.25) is 4.57 Å². The van der Waals surface area contributed by atoms with Crippen LogP contribution in [0.4, 0.5) is 0 Å². The molecule has 0 radical (unpaired) electrons. The standard InChI is InChI=1S/C39H25N4O2P/c44-46(28-18-8-3-9-19-28)35-23-13-12-22-33(35)45-34-24-30-29-20-10-11-21-31(29)43(32(30)25-36(34)46)39-41-37(26-14-4-1-5-15-26)40-38(42-39)27-16-6-2-7-17-27/h1-25H. The Labute approximate surface area is 265 Å². The second-order valence-corrected chi connectivity index (χ2v) is 13.9. The molecule has 46 heavy (non-hydrogen) atoms. The predicted octanol–water partition coefficient (Wildman–Crippen LogP) is 8.05. The molecule has 1 unspecified atom stereocenters. The molecule has 8 aromatic rings. The number of ether oxygens (including phenoxy) is 1. The molecule has 9 rings (SSSR count). The molecule has 6 aromatic carbocycles. The monoisotopic (exact) mass is 612 g/mol. The van der Waals surface area contributed by atoms with E-state index < -0.39 is 7.14 Å². The summed E-state index contributed by atoms with van der Waals surface area (Å²) in [6.07, 6.45) is 0. The van der Waals surface area contributed by atoms with Gasteiger partial charge in [0.15, 0.2) is 18.8 Å². The minimum Gasteiger partial charge on any atom is -0.456 e. The first-order valence-corrected chi connectivity index (χ1v) is 16.8. The zero-order valence-electron chi connectivity index (χ0n) is 24.5. The van der Waals surface area contributed by atoms with Crippen LogP contribution in [0.1, 0.15) is 0 Å². The van der Waals surface area contributed by atoms with Crippen molar-refractivity contribution in [1.82, 2.24) is 19.5 Å². The minimum atomic E-state index is -3.31. The number of para-hydroxylation sites is 2. The number of nitrogens with zero attached hydrogens (tertiary/aromatic N) is 4. The summed E-state index contributed by atoms with van der Waals surface area (Å²) in [7, 11) is -3.31. The summed E-state index contributed by atoms with van der Waals surface area (Å²) in [4.78, 5) is 15.0. The average Bonchev–Trinajstić information content (AvgIpc) is 3.45. The largest absolute Gasteiger partial charge is 0.456 e. The maximum absolute atomic E-state index is 15.5. The van der Waals surface area contributed by atoms with Crippen molar-refractivity contribution >= 4 is 44.9 Å². The Morgan fingerprint density at radius 3 is 1.78 bits per heavy atom. The highest BCUT2D eigenvalue weighted by Crippen LogP contribution is 2.52. The van der Waals surface area contributed by atoms with Crippen molar-refractivity contribution in [1.29, 1.82) is 0 Å². The zero-order valence-corrected chi connectivity index (χ0v) is 25.4. The quantitative estimate of drug-likeness (QED) is 0.188. The van der Waals surface area contributed by atoms with Crippen LogP contribution < -0.4 is 20.7 Å². The zero-order chi connectivity index (χ0) is 30.7. The first-order valence-electron chi connectivity index (χ1n) is 15.1. The first kappa shape index (κ1) is 26.6. The molecule has 0 bridgehead atoms. The first-order chi connectivity index (χ1) is 22.7. The molecule has 0 saturated heterocycles. The number of rotatable bonds is 4. The summed E-state index contributed by atoms with van der Waals surface area (Å²) in [6, 6.07) is 49.4. The summed E-state index contributed by atoms with van der Waals surface area (Å²) in [5, 5.41) is 4.06. The van der Waals surface area contributed by atoms with E-state index in [9.17, 15) is 0 Å². The molecule has 0 N–H and O–H groups in total. The summed E-state index contributed by atoms with van der Waals surface area (Å²) < 4.78 is 24.1.